The van der Waals surface area contributed by atoms with E-state index < -0.39 is 22.7 Å². The van der Waals surface area contributed by atoms with Crippen molar-refractivity contribution in [2.24, 2.45) is 0 Å². The highest BCUT2D eigenvalue weighted by Gasteiger charge is 2.33. The largest absolute Gasteiger partial charge is 0.417 e. The number of aromatic nitrogens is 2. The summed E-state index contributed by atoms with van der Waals surface area (Å²) in [5, 5.41) is 2.43. The molecule has 0 fully saturated rings. The van der Waals surface area contributed by atoms with Crippen LogP contribution in [0.4, 0.5) is 18.9 Å². The highest BCUT2D eigenvalue weighted by molar-refractivity contribution is 6.31. The van der Waals surface area contributed by atoms with Gasteiger partial charge in [0.25, 0.3) is 11.5 Å². The fraction of sp³-hybridized carbons (Fsp3) is 0.0870. The molecule has 1 aromatic heterocycles. The van der Waals surface area contributed by atoms with Crippen LogP contribution in [0.2, 0.25) is 5.02 Å². The maximum Gasteiger partial charge on any atom is 0.417 e. The number of benzene rings is 3. The Bertz CT molecular complexity index is 1400. The number of hydrogen-bond acceptors (Lipinski definition) is 3. The van der Waals surface area contributed by atoms with Crippen molar-refractivity contribution in [1.29, 1.82) is 0 Å². The first kappa shape index (κ1) is 21.6. The van der Waals surface area contributed by atoms with Crippen LogP contribution in [-0.4, -0.2) is 15.5 Å². The maximum atomic E-state index is 13.0. The molecule has 0 unspecified atom stereocenters. The number of hydrogen-bond donors (Lipinski definition) is 1. The minimum absolute atomic E-state index is 0.0402. The molecular weight excluding hydrogens is 443 g/mol. The van der Waals surface area contributed by atoms with Gasteiger partial charge in [0.05, 0.1) is 27.2 Å². The Morgan fingerprint density at radius 2 is 1.72 bits per heavy atom. The SMILES string of the molecule is Cc1nc2ccccc2c(=O)n1-c1ccc(C(=O)Nc2ccc(Cl)c(C(F)(F)F)c2)cc1. The number of carbonyl (C=O) groups excluding carboxylic acids is 1. The molecule has 5 nitrogen and oxygen atoms in total. The van der Waals surface area contributed by atoms with Crippen molar-refractivity contribution in [2.75, 3.05) is 5.32 Å². The maximum absolute atomic E-state index is 13.0. The van der Waals surface area contributed by atoms with E-state index in [0.717, 1.165) is 12.1 Å². The first-order valence-electron chi connectivity index (χ1n) is 9.42. The van der Waals surface area contributed by atoms with Crippen molar-refractivity contribution in [2.45, 2.75) is 13.1 Å². The smallest absolute Gasteiger partial charge is 0.322 e. The monoisotopic (exact) mass is 457 g/mol. The molecule has 4 rings (SSSR count). The molecule has 0 radical (unpaired) electrons. The minimum atomic E-state index is -4.64. The molecule has 0 spiro atoms. The van der Waals surface area contributed by atoms with E-state index in [1.165, 1.54) is 22.8 Å². The number of aryl methyl sites for hydroxylation is 1. The summed E-state index contributed by atoms with van der Waals surface area (Å²) in [5.74, 6) is -0.126. The highest BCUT2D eigenvalue weighted by atomic mass is 35.5. The number of nitrogens with one attached hydrogen (secondary N) is 1. The summed E-state index contributed by atoms with van der Waals surface area (Å²) in [5.41, 5.74) is -0.0213. The van der Waals surface area contributed by atoms with Crippen LogP contribution in [0.15, 0.2) is 71.5 Å². The summed E-state index contributed by atoms with van der Waals surface area (Å²) in [7, 11) is 0. The van der Waals surface area contributed by atoms with Gasteiger partial charge in [-0.1, -0.05) is 23.7 Å². The Morgan fingerprint density at radius 3 is 2.41 bits per heavy atom. The summed E-state index contributed by atoms with van der Waals surface area (Å²) in [4.78, 5) is 29.8. The number of rotatable bonds is 3. The lowest BCUT2D eigenvalue weighted by atomic mass is 10.1. The van der Waals surface area contributed by atoms with Crippen LogP contribution in [0.25, 0.3) is 16.6 Å². The zero-order valence-corrected chi connectivity index (χ0v) is 17.3. The topological polar surface area (TPSA) is 64.0 Å². The summed E-state index contributed by atoms with van der Waals surface area (Å²) in [6.07, 6.45) is -4.64. The Balaban J connectivity index is 1.62. The average molecular weight is 458 g/mol. The van der Waals surface area contributed by atoms with E-state index in [-0.39, 0.29) is 16.8 Å². The van der Waals surface area contributed by atoms with Gasteiger partial charge in [-0.25, -0.2) is 4.98 Å². The quantitative estimate of drug-likeness (QED) is 0.434. The Morgan fingerprint density at radius 1 is 1.03 bits per heavy atom. The van der Waals surface area contributed by atoms with Crippen molar-refractivity contribution >= 4 is 34.1 Å². The van der Waals surface area contributed by atoms with Crippen LogP contribution in [0.3, 0.4) is 0 Å². The second kappa shape index (κ2) is 8.12. The molecule has 0 aliphatic carbocycles. The third-order valence-corrected chi connectivity index (χ3v) is 5.19. The van der Waals surface area contributed by atoms with Crippen LogP contribution in [0.5, 0.6) is 0 Å². The number of fused-ring (bicyclic) bond motifs is 1. The number of para-hydroxylation sites is 1. The molecular formula is C23H15ClF3N3O2. The molecule has 32 heavy (non-hydrogen) atoms. The van der Waals surface area contributed by atoms with Gasteiger partial charge in [-0.05, 0) is 61.5 Å². The zero-order chi connectivity index (χ0) is 23.0. The van der Waals surface area contributed by atoms with E-state index in [1.54, 1.807) is 43.3 Å². The van der Waals surface area contributed by atoms with Gasteiger partial charge in [-0.3, -0.25) is 14.2 Å². The minimum Gasteiger partial charge on any atom is -0.322 e. The van der Waals surface area contributed by atoms with Crippen molar-refractivity contribution in [3.63, 3.8) is 0 Å². The standard InChI is InChI=1S/C23H15ClF3N3O2/c1-13-28-20-5-3-2-4-17(20)22(32)30(13)16-9-6-14(7-10-16)21(31)29-15-8-11-19(24)18(12-15)23(25,26)27/h2-12H,1H3,(H,29,31). The van der Waals surface area contributed by atoms with Gasteiger partial charge in [-0.2, -0.15) is 13.2 Å². The van der Waals surface area contributed by atoms with Crippen LogP contribution in [0.1, 0.15) is 21.7 Å². The molecule has 0 aliphatic heterocycles. The van der Waals surface area contributed by atoms with Gasteiger partial charge in [0.1, 0.15) is 5.82 Å². The number of nitrogens with zero attached hydrogens (tertiary/aromatic N) is 2. The van der Waals surface area contributed by atoms with Gasteiger partial charge in [0.15, 0.2) is 0 Å². The molecule has 0 saturated carbocycles. The van der Waals surface area contributed by atoms with Crippen molar-refractivity contribution in [1.82, 2.24) is 9.55 Å². The summed E-state index contributed by atoms with van der Waals surface area (Å²) < 4.78 is 40.5. The predicted molar refractivity (Wildman–Crippen MR) is 116 cm³/mol. The summed E-state index contributed by atoms with van der Waals surface area (Å²) in [6, 6.07) is 16.2. The van der Waals surface area contributed by atoms with Gasteiger partial charge in [0, 0.05) is 11.3 Å². The second-order valence-electron chi connectivity index (χ2n) is 7.01. The van der Waals surface area contributed by atoms with Crippen LogP contribution in [0, 0.1) is 6.92 Å². The lowest BCUT2D eigenvalue weighted by molar-refractivity contribution is -0.137. The number of alkyl halides is 3. The predicted octanol–water partition coefficient (Wildman–Crippen LogP) is 5.62. The van der Waals surface area contributed by atoms with Gasteiger partial charge >= 0.3 is 6.18 Å². The fourth-order valence-electron chi connectivity index (χ4n) is 3.33. The number of carbonyl (C=O) groups is 1. The molecule has 0 saturated heterocycles. The molecule has 9 heteroatoms. The van der Waals surface area contributed by atoms with Crippen molar-refractivity contribution < 1.29 is 18.0 Å². The van der Waals surface area contributed by atoms with Crippen molar-refractivity contribution in [3.05, 3.63) is 99.1 Å². The second-order valence-corrected chi connectivity index (χ2v) is 7.42. The van der Waals surface area contributed by atoms with Crippen LogP contribution < -0.4 is 10.9 Å². The highest BCUT2D eigenvalue weighted by Crippen LogP contribution is 2.36. The zero-order valence-electron chi connectivity index (χ0n) is 16.6. The number of amides is 1. The molecule has 4 aromatic rings. The summed E-state index contributed by atoms with van der Waals surface area (Å²) >= 11 is 5.61. The number of anilines is 1. The molecule has 1 heterocycles. The van der Waals surface area contributed by atoms with Gasteiger partial charge in [-0.15, -0.1) is 0 Å². The third kappa shape index (κ3) is 4.09. The summed E-state index contributed by atoms with van der Waals surface area (Å²) in [6.45, 7) is 1.70. The first-order chi connectivity index (χ1) is 15.1. The first-order valence-corrected chi connectivity index (χ1v) is 9.80. The van der Waals surface area contributed by atoms with E-state index >= 15 is 0 Å². The number of halogens is 4. The van der Waals surface area contributed by atoms with Gasteiger partial charge < -0.3 is 5.32 Å². The van der Waals surface area contributed by atoms with E-state index in [1.807, 2.05) is 0 Å². The normalized spacial score (nSPS) is 11.5. The molecule has 1 amide bonds. The molecule has 0 atom stereocenters. The van der Waals surface area contributed by atoms with Crippen molar-refractivity contribution in [3.8, 4) is 5.69 Å². The van der Waals surface area contributed by atoms with E-state index in [0.29, 0.717) is 22.4 Å². The molecule has 162 valence electrons. The molecule has 0 bridgehead atoms. The lowest BCUT2D eigenvalue weighted by Gasteiger charge is -2.13. The molecule has 3 aromatic carbocycles. The van der Waals surface area contributed by atoms with Crippen LogP contribution in [-0.2, 0) is 6.18 Å². The van der Waals surface area contributed by atoms with E-state index in [4.69, 9.17) is 11.6 Å². The molecule has 1 N–H and O–H groups in total. The van der Waals surface area contributed by atoms with E-state index in [9.17, 15) is 22.8 Å². The Kier molecular flexibility index (Phi) is 5.48. The Labute approximate surface area is 185 Å². The van der Waals surface area contributed by atoms with Crippen LogP contribution >= 0.6 is 11.6 Å². The fourth-order valence-corrected chi connectivity index (χ4v) is 3.56. The van der Waals surface area contributed by atoms with E-state index in [2.05, 4.69) is 10.3 Å². The Hall–Kier alpha value is -3.65. The lowest BCUT2D eigenvalue weighted by Crippen LogP contribution is -2.22. The average Bonchev–Trinajstić information content (AvgIpc) is 2.75. The van der Waals surface area contributed by atoms with Gasteiger partial charge in [0.2, 0.25) is 0 Å². The molecule has 0 aliphatic rings. The third-order valence-electron chi connectivity index (χ3n) is 4.86.